The van der Waals surface area contributed by atoms with Crippen molar-refractivity contribution in [3.05, 3.63) is 30.3 Å². The number of hydrogen-bond donors (Lipinski definition) is 1. The van der Waals surface area contributed by atoms with Gasteiger partial charge in [0.25, 0.3) is 0 Å². The minimum atomic E-state index is 0.640. The van der Waals surface area contributed by atoms with Crippen LogP contribution in [0.2, 0.25) is 0 Å². The van der Waals surface area contributed by atoms with Crippen molar-refractivity contribution in [2.24, 2.45) is 5.92 Å². The van der Waals surface area contributed by atoms with Crippen molar-refractivity contribution in [1.82, 2.24) is 10.2 Å². The van der Waals surface area contributed by atoms with Gasteiger partial charge >= 0.3 is 0 Å². The molecule has 0 bridgehead atoms. The van der Waals surface area contributed by atoms with Crippen LogP contribution in [-0.4, -0.2) is 43.7 Å². The molecule has 20 heavy (non-hydrogen) atoms. The van der Waals surface area contributed by atoms with E-state index in [9.17, 15) is 0 Å². The number of nitrogens with one attached hydrogen (secondary N) is 1. The molecule has 0 saturated carbocycles. The molecule has 1 N–H and O–H groups in total. The maximum atomic E-state index is 5.76. The lowest BCUT2D eigenvalue weighted by Crippen LogP contribution is -2.42. The maximum Gasteiger partial charge on any atom is 0.119 e. The first-order chi connectivity index (χ1) is 9.74. The van der Waals surface area contributed by atoms with Crippen molar-refractivity contribution in [1.29, 1.82) is 0 Å². The quantitative estimate of drug-likeness (QED) is 0.837. The van der Waals surface area contributed by atoms with Crippen LogP contribution in [0.25, 0.3) is 0 Å². The number of rotatable bonds is 5. The minimum absolute atomic E-state index is 0.640. The Morgan fingerprint density at radius 1 is 1.25 bits per heavy atom. The molecule has 0 radical (unpaired) electrons. The molecule has 1 aliphatic rings. The number of ether oxygens (including phenoxy) is 1. The van der Waals surface area contributed by atoms with Crippen molar-refractivity contribution >= 4 is 0 Å². The fourth-order valence-electron chi connectivity index (χ4n) is 2.68. The molecular weight excluding hydrogens is 248 g/mol. The molecule has 0 amide bonds. The first-order valence-corrected chi connectivity index (χ1v) is 7.87. The van der Waals surface area contributed by atoms with E-state index >= 15 is 0 Å². The van der Waals surface area contributed by atoms with Crippen molar-refractivity contribution in [2.45, 2.75) is 32.7 Å². The number of para-hydroxylation sites is 1. The molecule has 0 spiro atoms. The molecule has 1 saturated heterocycles. The highest BCUT2D eigenvalue weighted by Gasteiger charge is 2.15. The molecule has 2 rings (SSSR count). The van der Waals surface area contributed by atoms with Gasteiger partial charge in [-0.05, 0) is 50.9 Å². The van der Waals surface area contributed by atoms with Gasteiger partial charge in [-0.15, -0.1) is 0 Å². The van der Waals surface area contributed by atoms with Gasteiger partial charge < -0.3 is 15.0 Å². The predicted molar refractivity (Wildman–Crippen MR) is 84.2 cm³/mol. The van der Waals surface area contributed by atoms with Crippen molar-refractivity contribution < 1.29 is 4.74 Å². The third-order valence-corrected chi connectivity index (χ3v) is 3.89. The highest BCUT2D eigenvalue weighted by Crippen LogP contribution is 2.10. The molecule has 1 aromatic carbocycles. The molecule has 1 fully saturated rings. The highest BCUT2D eigenvalue weighted by molar-refractivity contribution is 5.20. The van der Waals surface area contributed by atoms with Crippen LogP contribution in [0, 0.1) is 5.92 Å². The van der Waals surface area contributed by atoms with Crippen LogP contribution in [0.5, 0.6) is 5.75 Å². The Balaban J connectivity index is 1.67. The van der Waals surface area contributed by atoms with E-state index in [0.29, 0.717) is 6.04 Å². The van der Waals surface area contributed by atoms with Crippen LogP contribution in [0.15, 0.2) is 30.3 Å². The zero-order chi connectivity index (χ0) is 14.2. The van der Waals surface area contributed by atoms with Gasteiger partial charge in [0.1, 0.15) is 5.75 Å². The first kappa shape index (κ1) is 15.3. The molecule has 3 heteroatoms. The molecule has 0 aromatic heterocycles. The van der Waals surface area contributed by atoms with E-state index in [-0.39, 0.29) is 0 Å². The first-order valence-electron chi connectivity index (χ1n) is 7.87. The van der Waals surface area contributed by atoms with Crippen LogP contribution in [0.4, 0.5) is 0 Å². The van der Waals surface area contributed by atoms with Crippen molar-refractivity contribution in [3.63, 3.8) is 0 Å². The molecule has 3 nitrogen and oxygen atoms in total. The van der Waals surface area contributed by atoms with Gasteiger partial charge in [0.15, 0.2) is 0 Å². The molecule has 1 aromatic rings. The summed E-state index contributed by atoms with van der Waals surface area (Å²) in [5.41, 5.74) is 0. The lowest BCUT2D eigenvalue weighted by atomic mass is 10.1. The molecule has 112 valence electrons. The van der Waals surface area contributed by atoms with E-state index in [2.05, 4.69) is 24.1 Å². The second-order valence-corrected chi connectivity index (χ2v) is 6.02. The Morgan fingerprint density at radius 3 is 2.85 bits per heavy atom. The molecular formula is C17H28N2O. The average Bonchev–Trinajstić information content (AvgIpc) is 2.46. The second-order valence-electron chi connectivity index (χ2n) is 6.02. The monoisotopic (exact) mass is 276 g/mol. The molecule has 2 unspecified atom stereocenters. The van der Waals surface area contributed by atoms with Gasteiger partial charge in [-0.1, -0.05) is 25.1 Å². The topological polar surface area (TPSA) is 24.5 Å². The molecule has 1 aliphatic heterocycles. The van der Waals surface area contributed by atoms with E-state index in [1.54, 1.807) is 0 Å². The maximum absolute atomic E-state index is 5.76. The molecule has 1 heterocycles. The molecule has 0 aliphatic carbocycles. The summed E-state index contributed by atoms with van der Waals surface area (Å²) >= 11 is 0. The highest BCUT2D eigenvalue weighted by atomic mass is 16.5. The standard InChI is InChI=1S/C17H28N2O/c1-15-13-18-16(2)9-11-19(14-15)10-6-12-20-17-7-4-3-5-8-17/h3-5,7-8,15-16,18H,6,9-14H2,1-2H3. The van der Waals surface area contributed by atoms with E-state index in [1.807, 2.05) is 30.3 Å². The number of nitrogens with zero attached hydrogens (tertiary/aromatic N) is 1. The smallest absolute Gasteiger partial charge is 0.119 e. The lowest BCUT2D eigenvalue weighted by molar-refractivity contribution is 0.185. The van der Waals surface area contributed by atoms with E-state index in [1.165, 1.54) is 19.5 Å². The second kappa shape index (κ2) is 8.28. The Hall–Kier alpha value is -1.06. The van der Waals surface area contributed by atoms with Gasteiger partial charge in [0.2, 0.25) is 0 Å². The summed E-state index contributed by atoms with van der Waals surface area (Å²) in [6.07, 6.45) is 2.34. The normalized spacial score (nSPS) is 24.9. The fourth-order valence-corrected chi connectivity index (χ4v) is 2.68. The van der Waals surface area contributed by atoms with E-state index in [4.69, 9.17) is 4.74 Å². The largest absolute Gasteiger partial charge is 0.494 e. The summed E-state index contributed by atoms with van der Waals surface area (Å²) < 4.78 is 5.76. The number of hydrogen-bond acceptors (Lipinski definition) is 3. The van der Waals surface area contributed by atoms with Crippen LogP contribution < -0.4 is 10.1 Å². The Labute approximate surface area is 123 Å². The molecule has 2 atom stereocenters. The third-order valence-electron chi connectivity index (χ3n) is 3.89. The van der Waals surface area contributed by atoms with E-state index in [0.717, 1.165) is 37.8 Å². The average molecular weight is 276 g/mol. The van der Waals surface area contributed by atoms with Crippen LogP contribution >= 0.6 is 0 Å². The van der Waals surface area contributed by atoms with Crippen LogP contribution in [0.3, 0.4) is 0 Å². The zero-order valence-corrected chi connectivity index (χ0v) is 12.8. The summed E-state index contributed by atoms with van der Waals surface area (Å²) in [5, 5.41) is 3.59. The lowest BCUT2D eigenvalue weighted by Gasteiger charge is -2.31. The Bertz CT molecular complexity index is 369. The summed E-state index contributed by atoms with van der Waals surface area (Å²) in [5.74, 6) is 1.71. The van der Waals surface area contributed by atoms with Gasteiger partial charge in [0, 0.05) is 19.1 Å². The Morgan fingerprint density at radius 2 is 2.05 bits per heavy atom. The SMILES string of the molecule is CC1CNC(C)CCN(CCCOc2ccccc2)C1. The van der Waals surface area contributed by atoms with Gasteiger partial charge in [-0.25, -0.2) is 0 Å². The number of benzene rings is 1. The predicted octanol–water partition coefficient (Wildman–Crippen LogP) is 2.78. The minimum Gasteiger partial charge on any atom is -0.494 e. The summed E-state index contributed by atoms with van der Waals surface area (Å²) in [4.78, 5) is 2.59. The van der Waals surface area contributed by atoms with Gasteiger partial charge in [-0.3, -0.25) is 0 Å². The summed E-state index contributed by atoms with van der Waals surface area (Å²) in [7, 11) is 0. The Kier molecular flexibility index (Phi) is 6.34. The van der Waals surface area contributed by atoms with Gasteiger partial charge in [-0.2, -0.15) is 0 Å². The van der Waals surface area contributed by atoms with Crippen molar-refractivity contribution in [2.75, 3.05) is 32.8 Å². The van der Waals surface area contributed by atoms with Crippen LogP contribution in [-0.2, 0) is 0 Å². The zero-order valence-electron chi connectivity index (χ0n) is 12.8. The van der Waals surface area contributed by atoms with Gasteiger partial charge in [0.05, 0.1) is 6.61 Å². The van der Waals surface area contributed by atoms with E-state index < -0.39 is 0 Å². The summed E-state index contributed by atoms with van der Waals surface area (Å²) in [6.45, 7) is 10.1. The van der Waals surface area contributed by atoms with Crippen LogP contribution in [0.1, 0.15) is 26.7 Å². The third kappa shape index (κ3) is 5.51. The van der Waals surface area contributed by atoms with Crippen molar-refractivity contribution in [3.8, 4) is 5.75 Å². The fraction of sp³-hybridized carbons (Fsp3) is 0.647. The summed E-state index contributed by atoms with van der Waals surface area (Å²) in [6, 6.07) is 10.7.